The van der Waals surface area contributed by atoms with Crippen LogP contribution in [-0.4, -0.2) is 28.7 Å². The van der Waals surface area contributed by atoms with Crippen molar-refractivity contribution in [1.29, 1.82) is 0 Å². The first-order valence-corrected chi connectivity index (χ1v) is 14.7. The summed E-state index contributed by atoms with van der Waals surface area (Å²) in [5.41, 5.74) is 1.15. The number of carbonyl (C=O) groups excluding carboxylic acids is 1. The molecule has 7 fully saturated rings. The zero-order valence-electron chi connectivity index (χ0n) is 22.6. The van der Waals surface area contributed by atoms with E-state index >= 15 is 0 Å². The quantitative estimate of drug-likeness (QED) is 0.474. The van der Waals surface area contributed by atoms with Gasteiger partial charge in [0.25, 0.3) is 0 Å². The van der Waals surface area contributed by atoms with E-state index in [4.69, 9.17) is 4.74 Å². The molecule has 0 aromatic rings. The highest BCUT2D eigenvalue weighted by Crippen LogP contribution is 2.89. The molecule has 0 radical (unpaired) electrons. The smallest absolute Gasteiger partial charge is 0.162 e. The van der Waals surface area contributed by atoms with Gasteiger partial charge < -0.3 is 9.84 Å². The lowest BCUT2D eigenvalue weighted by Gasteiger charge is -2.63. The molecule has 2 bridgehead atoms. The predicted octanol–water partition coefficient (Wildman–Crippen LogP) is 6.56. The number of rotatable bonds is 1. The standard InChI is InChI=1S/C31H48O3/c1-26(2)23-9-10-24-29(6)12-11-20(19-8-7-18-15-22(19)34-27(18,3)4)28(29,5)13-14-30(24)17-31(23,30)16-21(32)25(26)33/h18-20,22-25,33H,7-17H2,1-6H3/t18-,19-,20+,22-,23-,24-,25-,28+,29-,30-,31+/m0/s1. The molecular weight excluding hydrogens is 420 g/mol. The Morgan fingerprint density at radius 2 is 1.56 bits per heavy atom. The molecule has 0 unspecified atom stereocenters. The molecule has 11 atom stereocenters. The minimum absolute atomic E-state index is 0.0719. The minimum Gasteiger partial charge on any atom is -0.385 e. The Labute approximate surface area is 207 Å². The maximum atomic E-state index is 13.1. The van der Waals surface area contributed by atoms with Crippen LogP contribution in [0.25, 0.3) is 0 Å². The largest absolute Gasteiger partial charge is 0.385 e. The summed E-state index contributed by atoms with van der Waals surface area (Å²) < 4.78 is 6.74. The molecule has 34 heavy (non-hydrogen) atoms. The van der Waals surface area contributed by atoms with Crippen LogP contribution in [0.2, 0.25) is 0 Å². The van der Waals surface area contributed by atoms with Crippen molar-refractivity contribution in [1.82, 2.24) is 0 Å². The van der Waals surface area contributed by atoms with E-state index in [1.54, 1.807) is 0 Å². The molecular formula is C31H48O3. The van der Waals surface area contributed by atoms with Crippen LogP contribution < -0.4 is 0 Å². The van der Waals surface area contributed by atoms with Crippen LogP contribution in [0.4, 0.5) is 0 Å². The summed E-state index contributed by atoms with van der Waals surface area (Å²) in [6, 6.07) is 0. The van der Waals surface area contributed by atoms with E-state index in [9.17, 15) is 9.90 Å². The lowest BCUT2D eigenvalue weighted by molar-refractivity contribution is -0.175. The highest BCUT2D eigenvalue weighted by atomic mass is 16.5. The maximum Gasteiger partial charge on any atom is 0.162 e. The number of aliphatic hydroxyl groups excluding tert-OH is 1. The molecule has 2 spiro atoms. The monoisotopic (exact) mass is 468 g/mol. The topological polar surface area (TPSA) is 46.5 Å². The molecule has 1 saturated heterocycles. The minimum atomic E-state index is -0.761. The van der Waals surface area contributed by atoms with Crippen molar-refractivity contribution in [3.05, 3.63) is 0 Å². The van der Waals surface area contributed by atoms with Crippen LogP contribution in [0.3, 0.4) is 0 Å². The van der Waals surface area contributed by atoms with Gasteiger partial charge in [-0.3, -0.25) is 4.79 Å². The molecule has 0 aromatic heterocycles. The number of fused-ring (bicyclic) bond motifs is 4. The van der Waals surface area contributed by atoms with Crippen molar-refractivity contribution < 1.29 is 14.6 Å². The Kier molecular flexibility index (Phi) is 4.25. The fourth-order valence-corrected chi connectivity index (χ4v) is 12.8. The van der Waals surface area contributed by atoms with Gasteiger partial charge in [0.2, 0.25) is 0 Å². The number of Topliss-reactive ketones (excluding diaryl/α,β-unsaturated/α-hetero) is 1. The Hall–Kier alpha value is -0.410. The molecule has 0 aromatic carbocycles. The third-order valence-corrected chi connectivity index (χ3v) is 14.7. The van der Waals surface area contributed by atoms with Gasteiger partial charge in [0.05, 0.1) is 11.7 Å². The Balaban J connectivity index is 1.21. The van der Waals surface area contributed by atoms with Gasteiger partial charge in [-0.15, -0.1) is 0 Å². The van der Waals surface area contributed by atoms with Crippen LogP contribution in [-0.2, 0) is 9.53 Å². The van der Waals surface area contributed by atoms with Gasteiger partial charge >= 0.3 is 0 Å². The second-order valence-electron chi connectivity index (χ2n) is 16.0. The fourth-order valence-electron chi connectivity index (χ4n) is 12.8. The summed E-state index contributed by atoms with van der Waals surface area (Å²) in [5.74, 6) is 3.71. The van der Waals surface area contributed by atoms with Gasteiger partial charge in [0, 0.05) is 11.8 Å². The van der Waals surface area contributed by atoms with Crippen LogP contribution in [0.5, 0.6) is 0 Å². The number of ketones is 1. The predicted molar refractivity (Wildman–Crippen MR) is 133 cm³/mol. The SMILES string of the molecule is CC1(C)O[C@H]2C[C@@H]1CC[C@H]2[C@H]1CC[C@@]2(C)[C@@H]3CC[C@H]4C(C)(C)[C@@H](O)C(=O)C[C@@]45C[C@@]35CC[C@]12C. The van der Waals surface area contributed by atoms with Gasteiger partial charge in [-0.25, -0.2) is 0 Å². The second kappa shape index (κ2) is 6.35. The Bertz CT molecular complexity index is 937. The van der Waals surface area contributed by atoms with Gasteiger partial charge in [0.1, 0.15) is 6.10 Å². The van der Waals surface area contributed by atoms with Gasteiger partial charge in [-0.2, -0.15) is 0 Å². The highest BCUT2D eigenvalue weighted by molar-refractivity contribution is 5.86. The summed E-state index contributed by atoms with van der Waals surface area (Å²) in [4.78, 5) is 13.1. The van der Waals surface area contributed by atoms with Crippen molar-refractivity contribution in [2.45, 2.75) is 130 Å². The third-order valence-electron chi connectivity index (χ3n) is 14.7. The molecule has 7 aliphatic rings. The summed E-state index contributed by atoms with van der Waals surface area (Å²) in [5, 5.41) is 10.8. The molecule has 7 rings (SSSR count). The first-order valence-electron chi connectivity index (χ1n) is 14.7. The average molecular weight is 469 g/mol. The molecule has 190 valence electrons. The van der Waals surface area contributed by atoms with E-state index in [0.717, 1.165) is 23.7 Å². The lowest BCUT2D eigenvalue weighted by atomic mass is 9.41. The summed E-state index contributed by atoms with van der Waals surface area (Å²) >= 11 is 0. The maximum absolute atomic E-state index is 13.1. The van der Waals surface area contributed by atoms with Gasteiger partial charge in [-0.1, -0.05) is 27.7 Å². The number of hydrogen-bond donors (Lipinski definition) is 1. The summed E-state index contributed by atoms with van der Waals surface area (Å²) in [6.45, 7) is 14.4. The molecule has 6 aliphatic carbocycles. The van der Waals surface area contributed by atoms with E-state index in [1.165, 1.54) is 64.2 Å². The Morgan fingerprint density at radius 3 is 2.32 bits per heavy atom. The van der Waals surface area contributed by atoms with Crippen LogP contribution >= 0.6 is 0 Å². The van der Waals surface area contributed by atoms with Crippen molar-refractivity contribution in [3.8, 4) is 0 Å². The van der Waals surface area contributed by atoms with Crippen molar-refractivity contribution in [2.75, 3.05) is 0 Å². The first-order chi connectivity index (χ1) is 15.8. The fraction of sp³-hybridized carbons (Fsp3) is 0.968. The Morgan fingerprint density at radius 1 is 0.824 bits per heavy atom. The molecule has 6 saturated carbocycles. The van der Waals surface area contributed by atoms with Gasteiger partial charge in [-0.05, 0) is 129 Å². The first kappa shape index (κ1) is 22.8. The molecule has 1 aliphatic heterocycles. The highest BCUT2D eigenvalue weighted by Gasteiger charge is 2.83. The van der Waals surface area contributed by atoms with E-state index in [2.05, 4.69) is 41.5 Å². The van der Waals surface area contributed by atoms with Crippen LogP contribution in [0.15, 0.2) is 0 Å². The van der Waals surface area contributed by atoms with Crippen molar-refractivity contribution in [3.63, 3.8) is 0 Å². The summed E-state index contributed by atoms with van der Waals surface area (Å²) in [6.07, 6.45) is 13.6. The molecule has 3 nitrogen and oxygen atoms in total. The van der Waals surface area contributed by atoms with E-state index < -0.39 is 6.10 Å². The normalized spacial score (nSPS) is 60.7. The molecule has 1 heterocycles. The number of hydrogen-bond acceptors (Lipinski definition) is 3. The van der Waals surface area contributed by atoms with E-state index in [-0.39, 0.29) is 22.2 Å². The average Bonchev–Trinajstić information content (AvgIpc) is 3.25. The van der Waals surface area contributed by atoms with Gasteiger partial charge in [0.15, 0.2) is 5.78 Å². The van der Waals surface area contributed by atoms with Crippen LogP contribution in [0, 0.1) is 56.7 Å². The van der Waals surface area contributed by atoms with E-state index in [0.29, 0.717) is 34.7 Å². The summed E-state index contributed by atoms with van der Waals surface area (Å²) in [7, 11) is 0. The van der Waals surface area contributed by atoms with Crippen molar-refractivity contribution in [2.24, 2.45) is 56.7 Å². The number of aliphatic hydroxyl groups is 1. The number of ether oxygens (including phenoxy) is 1. The molecule has 1 N–H and O–H groups in total. The second-order valence-corrected chi connectivity index (χ2v) is 16.0. The number of carbonyl (C=O) groups is 1. The van der Waals surface area contributed by atoms with Crippen molar-refractivity contribution >= 4 is 5.78 Å². The molecule has 3 heteroatoms. The van der Waals surface area contributed by atoms with Crippen LogP contribution in [0.1, 0.15) is 112 Å². The molecule has 0 amide bonds. The zero-order valence-corrected chi connectivity index (χ0v) is 22.6. The zero-order chi connectivity index (χ0) is 24.1. The third kappa shape index (κ3) is 2.33. The van der Waals surface area contributed by atoms with E-state index in [1.807, 2.05) is 0 Å². The lowest BCUT2D eigenvalue weighted by Crippen LogP contribution is -2.59.